The Balaban J connectivity index is 1.65. The minimum absolute atomic E-state index is 0.0147. The van der Waals surface area contributed by atoms with E-state index < -0.39 is 42.7 Å². The Labute approximate surface area is 233 Å². The van der Waals surface area contributed by atoms with Crippen molar-refractivity contribution in [3.05, 3.63) is 47.0 Å². The van der Waals surface area contributed by atoms with Crippen LogP contribution in [-0.2, 0) is 25.4 Å². The summed E-state index contributed by atoms with van der Waals surface area (Å²) < 4.78 is 34.3. The molecule has 0 spiro atoms. The number of phenols is 1. The molecule has 4 rings (SSSR count). The fourth-order valence-electron chi connectivity index (χ4n) is 5.18. The van der Waals surface area contributed by atoms with E-state index in [-0.39, 0.29) is 30.7 Å². The van der Waals surface area contributed by atoms with Gasteiger partial charge in [0, 0.05) is 12.5 Å². The average Bonchev–Trinajstić information content (AvgIpc) is 3.31. The molecule has 2 heterocycles. The number of aliphatic hydroxyl groups is 3. The molecule has 7 atom stereocenters. The number of methoxy groups -OCH3 is 2. The number of aromatic hydroxyl groups is 1. The normalized spacial score (nSPS) is 27.5. The number of fused-ring (bicyclic) bond motifs is 1. The van der Waals surface area contributed by atoms with E-state index >= 15 is 0 Å². The van der Waals surface area contributed by atoms with Gasteiger partial charge in [0.15, 0.2) is 29.3 Å². The molecular weight excluding hydrogens is 524 g/mol. The van der Waals surface area contributed by atoms with Crippen LogP contribution >= 0.6 is 0 Å². The number of ether oxygens (including phenoxy) is 6. The number of hydrogen-bond donors (Lipinski definition) is 4. The Morgan fingerprint density at radius 1 is 1.00 bits per heavy atom. The van der Waals surface area contributed by atoms with Crippen LogP contribution in [0.3, 0.4) is 0 Å². The molecule has 0 radical (unpaired) electrons. The van der Waals surface area contributed by atoms with Gasteiger partial charge in [-0.3, -0.25) is 4.79 Å². The van der Waals surface area contributed by atoms with E-state index in [2.05, 4.69) is 0 Å². The largest absolute Gasteiger partial charge is 0.504 e. The first kappa shape index (κ1) is 29.9. The smallest absolute Gasteiger partial charge is 0.302 e. The second-order valence-electron chi connectivity index (χ2n) is 9.99. The predicted molar refractivity (Wildman–Crippen MR) is 142 cm³/mol. The van der Waals surface area contributed by atoms with Crippen molar-refractivity contribution in [2.45, 2.75) is 75.8 Å². The first-order valence-corrected chi connectivity index (χ1v) is 13.4. The fourth-order valence-corrected chi connectivity index (χ4v) is 5.18. The van der Waals surface area contributed by atoms with Crippen LogP contribution in [0.1, 0.15) is 55.4 Å². The van der Waals surface area contributed by atoms with E-state index in [1.165, 1.54) is 20.1 Å². The molecule has 40 heavy (non-hydrogen) atoms. The quantitative estimate of drug-likeness (QED) is 0.236. The Morgan fingerprint density at radius 2 is 1.75 bits per heavy atom. The summed E-state index contributed by atoms with van der Waals surface area (Å²) in [7, 11) is 3.01. The zero-order chi connectivity index (χ0) is 29.0. The van der Waals surface area contributed by atoms with E-state index in [0.717, 1.165) is 11.1 Å². The fraction of sp³-hybridized carbons (Fsp3) is 0.552. The third-order valence-corrected chi connectivity index (χ3v) is 7.33. The van der Waals surface area contributed by atoms with Crippen molar-refractivity contribution in [3.63, 3.8) is 0 Å². The Kier molecular flexibility index (Phi) is 9.75. The van der Waals surface area contributed by atoms with Crippen LogP contribution in [0.5, 0.6) is 23.0 Å². The maximum absolute atomic E-state index is 11.1. The van der Waals surface area contributed by atoms with Gasteiger partial charge in [-0.25, -0.2) is 0 Å². The van der Waals surface area contributed by atoms with Crippen molar-refractivity contribution >= 4 is 5.97 Å². The summed E-state index contributed by atoms with van der Waals surface area (Å²) in [5, 5.41) is 41.3. The third kappa shape index (κ3) is 6.29. The molecule has 2 aromatic carbocycles. The molecule has 0 amide bonds. The zero-order valence-corrected chi connectivity index (χ0v) is 23.1. The summed E-state index contributed by atoms with van der Waals surface area (Å²) in [5.74, 6) is 0.578. The number of carbonyl (C=O) groups excluding carboxylic acids is 1. The highest BCUT2D eigenvalue weighted by Gasteiger charge is 2.45. The van der Waals surface area contributed by atoms with Gasteiger partial charge < -0.3 is 48.8 Å². The number of aryl methyl sites for hydroxylation is 1. The highest BCUT2D eigenvalue weighted by Crippen LogP contribution is 2.52. The van der Waals surface area contributed by atoms with Crippen LogP contribution < -0.4 is 14.2 Å². The second kappa shape index (κ2) is 13.0. The summed E-state index contributed by atoms with van der Waals surface area (Å²) in [4.78, 5) is 11.1. The lowest BCUT2D eigenvalue weighted by atomic mass is 9.90. The summed E-state index contributed by atoms with van der Waals surface area (Å²) in [6, 6.07) is 8.80. The molecule has 0 aliphatic carbocycles. The number of rotatable bonds is 11. The Hall–Kier alpha value is -3.09. The number of carbonyl (C=O) groups is 1. The maximum atomic E-state index is 11.1. The number of hydrogen-bond acceptors (Lipinski definition) is 11. The van der Waals surface area contributed by atoms with Crippen molar-refractivity contribution in [2.24, 2.45) is 0 Å². The van der Waals surface area contributed by atoms with Crippen LogP contribution in [-0.4, -0.2) is 84.5 Å². The minimum atomic E-state index is -1.45. The van der Waals surface area contributed by atoms with Gasteiger partial charge in [-0.15, -0.1) is 0 Å². The molecule has 1 fully saturated rings. The van der Waals surface area contributed by atoms with Crippen LogP contribution in [0.15, 0.2) is 30.3 Å². The molecule has 11 nitrogen and oxygen atoms in total. The van der Waals surface area contributed by atoms with Crippen LogP contribution in [0.4, 0.5) is 0 Å². The monoisotopic (exact) mass is 562 g/mol. The topological polar surface area (TPSA) is 153 Å². The summed E-state index contributed by atoms with van der Waals surface area (Å²) >= 11 is 0. The standard InChI is InChI=1S/C29H38O11/c1-5-21-24(32)25(33)26(34)29(39-21)38-14-19-18-11-16(7-6-10-37-15(2)30)12-23(36-4)28(18)40-27(19)17-8-9-20(31)22(13-17)35-3/h8-9,11-13,19,21,24-27,29,31-34H,5-7,10,14H2,1-4H3/t19-,21-,24-,25+,26-,27+,29-/m1/s1. The number of esters is 1. The number of aliphatic hydroxyl groups excluding tert-OH is 3. The van der Waals surface area contributed by atoms with Crippen LogP contribution in [0.2, 0.25) is 0 Å². The average molecular weight is 563 g/mol. The zero-order valence-electron chi connectivity index (χ0n) is 23.1. The number of benzene rings is 2. The molecule has 4 N–H and O–H groups in total. The molecule has 220 valence electrons. The van der Waals surface area contributed by atoms with Crippen molar-refractivity contribution < 1.29 is 53.6 Å². The first-order valence-electron chi connectivity index (χ1n) is 13.4. The van der Waals surface area contributed by atoms with Crippen molar-refractivity contribution in [1.82, 2.24) is 0 Å². The SMILES string of the molecule is CC[C@H]1O[C@@H](OC[C@@H]2c3cc(CCCOC(C)=O)cc(OC)c3O[C@H]2c2ccc(O)c(OC)c2)[C@H](O)[C@@H](O)[C@@H]1O. The van der Waals surface area contributed by atoms with Crippen molar-refractivity contribution in [1.29, 1.82) is 0 Å². The lowest BCUT2D eigenvalue weighted by Gasteiger charge is -2.40. The Bertz CT molecular complexity index is 1170. The molecule has 1 saturated heterocycles. The predicted octanol–water partition coefficient (Wildman–Crippen LogP) is 2.36. The van der Waals surface area contributed by atoms with Crippen LogP contribution in [0, 0.1) is 0 Å². The highest BCUT2D eigenvalue weighted by atomic mass is 16.7. The van der Waals surface area contributed by atoms with Crippen molar-refractivity contribution in [3.8, 4) is 23.0 Å². The molecule has 2 aliphatic rings. The summed E-state index contributed by atoms with van der Waals surface area (Å²) in [6.07, 6.45) is -4.89. The van der Waals surface area contributed by atoms with Gasteiger partial charge >= 0.3 is 5.97 Å². The Morgan fingerprint density at radius 3 is 2.42 bits per heavy atom. The van der Waals surface area contributed by atoms with Gasteiger partial charge in [0.05, 0.1) is 39.5 Å². The summed E-state index contributed by atoms with van der Waals surface area (Å²) in [6.45, 7) is 3.49. The molecule has 2 aliphatic heterocycles. The van der Waals surface area contributed by atoms with E-state index in [0.29, 0.717) is 36.3 Å². The molecule has 0 aromatic heterocycles. The molecule has 2 aromatic rings. The first-order chi connectivity index (χ1) is 19.2. The second-order valence-corrected chi connectivity index (χ2v) is 9.99. The number of phenolic OH excluding ortho intramolecular Hbond substituents is 1. The van der Waals surface area contributed by atoms with Crippen molar-refractivity contribution in [2.75, 3.05) is 27.4 Å². The lowest BCUT2D eigenvalue weighted by molar-refractivity contribution is -0.298. The van der Waals surface area contributed by atoms with Gasteiger partial charge in [0.25, 0.3) is 0 Å². The van der Waals surface area contributed by atoms with Gasteiger partial charge in [0.1, 0.15) is 24.4 Å². The molecule has 0 bridgehead atoms. The van der Waals surface area contributed by atoms with E-state index in [4.69, 9.17) is 28.4 Å². The van der Waals surface area contributed by atoms with Gasteiger partial charge in [-0.2, -0.15) is 0 Å². The van der Waals surface area contributed by atoms with Crippen LogP contribution in [0.25, 0.3) is 0 Å². The van der Waals surface area contributed by atoms with Gasteiger partial charge in [-0.05, 0) is 48.6 Å². The van der Waals surface area contributed by atoms with E-state index in [1.807, 2.05) is 12.1 Å². The summed E-state index contributed by atoms with van der Waals surface area (Å²) in [5.41, 5.74) is 2.46. The van der Waals surface area contributed by atoms with E-state index in [9.17, 15) is 25.2 Å². The van der Waals surface area contributed by atoms with Gasteiger partial charge in [0.2, 0.25) is 0 Å². The third-order valence-electron chi connectivity index (χ3n) is 7.33. The maximum Gasteiger partial charge on any atom is 0.302 e. The molecular formula is C29H38O11. The highest BCUT2D eigenvalue weighted by molar-refractivity contribution is 5.65. The molecule has 0 saturated carbocycles. The van der Waals surface area contributed by atoms with Gasteiger partial charge in [-0.1, -0.05) is 19.1 Å². The lowest BCUT2D eigenvalue weighted by Crippen LogP contribution is -2.58. The van der Waals surface area contributed by atoms with E-state index in [1.54, 1.807) is 26.2 Å². The minimum Gasteiger partial charge on any atom is -0.504 e. The molecule has 11 heteroatoms. The molecule has 0 unspecified atom stereocenters.